The molecule has 0 aliphatic rings. The van der Waals surface area contributed by atoms with Crippen LogP contribution in [0, 0.1) is 5.41 Å². The molecule has 116 valence electrons. The molecule has 5 heteroatoms. The molecule has 0 amide bonds. The lowest BCUT2D eigenvalue weighted by atomic mass is 9.91. The van der Waals surface area contributed by atoms with Crippen molar-refractivity contribution in [3.63, 3.8) is 0 Å². The molecule has 0 atom stereocenters. The van der Waals surface area contributed by atoms with E-state index in [9.17, 15) is 0 Å². The third-order valence-electron chi connectivity index (χ3n) is 2.60. The van der Waals surface area contributed by atoms with Gasteiger partial charge < -0.3 is 8.23 Å². The van der Waals surface area contributed by atoms with Crippen molar-refractivity contribution in [3.8, 4) is 0 Å². The summed E-state index contributed by atoms with van der Waals surface area (Å²) in [7, 11) is -5.06. The lowest BCUT2D eigenvalue weighted by Crippen LogP contribution is -2.52. The maximum Gasteiger partial charge on any atom is 0.314 e. The Kier molecular flexibility index (Phi) is 6.75. The molecule has 0 aromatic heterocycles. The third kappa shape index (κ3) is 12.1. The minimum Gasteiger partial charge on any atom is -0.437 e. The zero-order valence-corrected chi connectivity index (χ0v) is 17.9. The lowest BCUT2D eigenvalue weighted by Gasteiger charge is -2.39. The van der Waals surface area contributed by atoms with Gasteiger partial charge in [-0.2, -0.15) is 0 Å². The minimum atomic E-state index is -2.00. The smallest absolute Gasteiger partial charge is 0.314 e. The van der Waals surface area contributed by atoms with E-state index in [1.165, 1.54) is 12.8 Å². The first-order valence-electron chi connectivity index (χ1n) is 7.52. The van der Waals surface area contributed by atoms with E-state index in [1.54, 1.807) is 0 Å². The molecular weight excluding hydrogens is 284 g/mol. The Morgan fingerprint density at radius 3 is 1.37 bits per heavy atom. The molecule has 0 saturated heterocycles. The monoisotopic (exact) mass is 320 g/mol. The second-order valence-corrected chi connectivity index (χ2v) is 21.8. The molecule has 0 fully saturated rings. The summed E-state index contributed by atoms with van der Waals surface area (Å²) in [6.07, 6.45) is 2.47. The average molecular weight is 321 g/mol. The molecule has 0 rings (SSSR count). The molecule has 0 spiro atoms. The molecule has 0 bridgehead atoms. The molecule has 19 heavy (non-hydrogen) atoms. The van der Waals surface area contributed by atoms with E-state index in [0.29, 0.717) is 5.41 Å². The molecule has 2 nitrogen and oxygen atoms in total. The summed E-state index contributed by atoms with van der Waals surface area (Å²) in [5, 5.41) is 0. The zero-order valence-electron chi connectivity index (χ0n) is 14.9. The third-order valence-corrected chi connectivity index (χ3v) is 12.2. The van der Waals surface area contributed by atoms with E-state index >= 15 is 0 Å². The van der Waals surface area contributed by atoms with Crippen molar-refractivity contribution in [1.29, 1.82) is 0 Å². The maximum atomic E-state index is 6.51. The van der Waals surface area contributed by atoms with Gasteiger partial charge in [0.1, 0.15) is 0 Å². The van der Waals surface area contributed by atoms with E-state index < -0.39 is 25.2 Å². The van der Waals surface area contributed by atoms with Gasteiger partial charge in [-0.15, -0.1) is 0 Å². The second-order valence-electron chi connectivity index (χ2n) is 8.98. The molecule has 0 aromatic rings. The van der Waals surface area contributed by atoms with E-state index in [4.69, 9.17) is 8.23 Å². The van der Waals surface area contributed by atoms with Crippen molar-refractivity contribution in [1.82, 2.24) is 0 Å². The van der Waals surface area contributed by atoms with Crippen LogP contribution in [0.3, 0.4) is 0 Å². The van der Waals surface area contributed by atoms with Crippen molar-refractivity contribution in [2.45, 2.75) is 85.5 Å². The van der Waals surface area contributed by atoms with Crippen molar-refractivity contribution in [3.05, 3.63) is 0 Å². The topological polar surface area (TPSA) is 18.5 Å². The standard InChI is InChI=1S/C14H36O2Si3/c1-14(2,3)12-11-13-19(10,15-17(4,5)6)16-18(7,8)9/h11-13H2,1-10H3. The zero-order chi connectivity index (χ0) is 15.5. The van der Waals surface area contributed by atoms with Gasteiger partial charge in [0.2, 0.25) is 0 Å². The highest BCUT2D eigenvalue weighted by Crippen LogP contribution is 2.29. The normalized spacial score (nSPS) is 14.8. The van der Waals surface area contributed by atoms with Crippen LogP contribution in [-0.2, 0) is 8.23 Å². The molecule has 0 aliphatic carbocycles. The summed E-state index contributed by atoms with van der Waals surface area (Å²) < 4.78 is 13.0. The maximum absolute atomic E-state index is 6.51. The predicted molar refractivity (Wildman–Crippen MR) is 94.0 cm³/mol. The molecular formula is C14H36O2Si3. The fourth-order valence-electron chi connectivity index (χ4n) is 2.36. The largest absolute Gasteiger partial charge is 0.437 e. The first-order valence-corrected chi connectivity index (χ1v) is 16.9. The second kappa shape index (κ2) is 6.56. The van der Waals surface area contributed by atoms with Crippen LogP contribution in [-0.4, -0.2) is 25.2 Å². The molecule has 0 aliphatic heterocycles. The molecule has 0 saturated carbocycles. The highest BCUT2D eigenvalue weighted by molar-refractivity contribution is 6.87. The van der Waals surface area contributed by atoms with Crippen LogP contribution < -0.4 is 0 Å². The molecule has 0 unspecified atom stereocenters. The van der Waals surface area contributed by atoms with Gasteiger partial charge in [-0.05, 0) is 63.7 Å². The van der Waals surface area contributed by atoms with Gasteiger partial charge in [-0.1, -0.05) is 27.2 Å². The van der Waals surface area contributed by atoms with Crippen molar-refractivity contribution in [2.24, 2.45) is 5.41 Å². The minimum absolute atomic E-state index is 0.410. The SMILES string of the molecule is CC(C)(C)CCC[Si](C)(O[Si](C)(C)C)O[Si](C)(C)C. The van der Waals surface area contributed by atoms with Crippen LogP contribution >= 0.6 is 0 Å². The Morgan fingerprint density at radius 2 is 1.11 bits per heavy atom. The molecule has 0 aromatic carbocycles. The van der Waals surface area contributed by atoms with Crippen LogP contribution in [0.15, 0.2) is 0 Å². The number of rotatable bonds is 7. The Labute approximate surface area is 124 Å². The lowest BCUT2D eigenvalue weighted by molar-refractivity contribution is 0.348. The fourth-order valence-corrected chi connectivity index (χ4v) is 14.9. The Bertz CT molecular complexity index is 256. The summed E-state index contributed by atoms with van der Waals surface area (Å²) in [4.78, 5) is 0. The van der Waals surface area contributed by atoms with Gasteiger partial charge in [0, 0.05) is 0 Å². The van der Waals surface area contributed by atoms with E-state index in [1.807, 2.05) is 0 Å². The van der Waals surface area contributed by atoms with Crippen LogP contribution in [0.25, 0.3) is 0 Å². The highest BCUT2D eigenvalue weighted by atomic mass is 28.5. The van der Waals surface area contributed by atoms with Gasteiger partial charge >= 0.3 is 8.56 Å². The van der Waals surface area contributed by atoms with Crippen molar-refractivity contribution >= 4 is 25.2 Å². The van der Waals surface area contributed by atoms with Gasteiger partial charge in [-0.25, -0.2) is 0 Å². The Balaban J connectivity index is 4.68. The van der Waals surface area contributed by atoms with Gasteiger partial charge in [-0.3, -0.25) is 0 Å². The Hall–Kier alpha value is 0.571. The summed E-state index contributed by atoms with van der Waals surface area (Å²) in [5.41, 5.74) is 0.410. The fraction of sp³-hybridized carbons (Fsp3) is 1.00. The van der Waals surface area contributed by atoms with Crippen molar-refractivity contribution in [2.75, 3.05) is 0 Å². The van der Waals surface area contributed by atoms with Crippen molar-refractivity contribution < 1.29 is 8.23 Å². The highest BCUT2D eigenvalue weighted by Gasteiger charge is 2.39. The van der Waals surface area contributed by atoms with Gasteiger partial charge in [0.25, 0.3) is 0 Å². The summed E-state index contributed by atoms with van der Waals surface area (Å²) in [6.45, 7) is 22.9. The first-order chi connectivity index (χ1) is 8.12. The van der Waals surface area contributed by atoms with Crippen LogP contribution in [0.1, 0.15) is 33.6 Å². The quantitative estimate of drug-likeness (QED) is 0.569. The van der Waals surface area contributed by atoms with E-state index in [2.05, 4.69) is 66.6 Å². The molecule has 0 heterocycles. The first kappa shape index (κ1) is 19.6. The number of hydrogen-bond acceptors (Lipinski definition) is 2. The van der Waals surface area contributed by atoms with E-state index in [0.717, 1.165) is 6.04 Å². The van der Waals surface area contributed by atoms with Crippen LogP contribution in [0.4, 0.5) is 0 Å². The van der Waals surface area contributed by atoms with Gasteiger partial charge in [0.05, 0.1) is 0 Å². The average Bonchev–Trinajstić information content (AvgIpc) is 1.90. The Morgan fingerprint density at radius 1 is 0.737 bits per heavy atom. The summed E-state index contributed by atoms with van der Waals surface area (Å²) in [5.74, 6) is 0. The molecule has 0 radical (unpaired) electrons. The van der Waals surface area contributed by atoms with E-state index in [-0.39, 0.29) is 0 Å². The number of hydrogen-bond donors (Lipinski definition) is 0. The van der Waals surface area contributed by atoms with Crippen LogP contribution in [0.5, 0.6) is 0 Å². The molecule has 0 N–H and O–H groups in total. The van der Waals surface area contributed by atoms with Crippen LogP contribution in [0.2, 0.25) is 51.9 Å². The summed E-state index contributed by atoms with van der Waals surface area (Å²) in [6, 6.07) is 1.14. The summed E-state index contributed by atoms with van der Waals surface area (Å²) >= 11 is 0. The van der Waals surface area contributed by atoms with Gasteiger partial charge in [0.15, 0.2) is 16.6 Å². The predicted octanol–water partition coefficient (Wildman–Crippen LogP) is 5.59.